The molecule has 1 N–H and O–H groups in total. The number of carboxylic acid groups (broad SMARTS) is 1. The molecule has 0 amide bonds. The maximum atomic E-state index is 10.8. The molecule has 0 saturated heterocycles. The van der Waals surface area contributed by atoms with Crippen molar-refractivity contribution in [3.63, 3.8) is 0 Å². The minimum Gasteiger partial charge on any atom is -0.478 e. The smallest absolute Gasteiger partial charge is 0.338 e. The molecular weight excluding hydrogens is 252 g/mol. The van der Waals surface area contributed by atoms with Crippen LogP contribution >= 0.6 is 11.6 Å². The van der Waals surface area contributed by atoms with Crippen molar-refractivity contribution < 1.29 is 9.90 Å². The second kappa shape index (κ2) is 4.86. The van der Waals surface area contributed by atoms with Crippen LogP contribution in [0.1, 0.15) is 15.9 Å². The summed E-state index contributed by atoms with van der Waals surface area (Å²) in [4.78, 5) is 14.8. The number of aromatic nitrogens is 1. The van der Waals surface area contributed by atoms with Gasteiger partial charge in [0, 0.05) is 5.56 Å². The second-order valence-electron chi connectivity index (χ2n) is 3.53. The van der Waals surface area contributed by atoms with Gasteiger partial charge in [-0.1, -0.05) is 23.7 Å². The van der Waals surface area contributed by atoms with E-state index in [4.69, 9.17) is 22.0 Å². The summed E-state index contributed by atoms with van der Waals surface area (Å²) >= 11 is 5.79. The standard InChI is InChI=1S/C13H7ClN2O2/c14-12-10(13(17)18)5-6-11(16-12)9-3-1-8(7-15)2-4-9/h1-6H,(H,17,18). The van der Waals surface area contributed by atoms with E-state index in [-0.39, 0.29) is 10.7 Å². The monoisotopic (exact) mass is 258 g/mol. The number of carboxylic acids is 1. The van der Waals surface area contributed by atoms with Crippen molar-refractivity contribution in [2.24, 2.45) is 0 Å². The molecule has 4 nitrogen and oxygen atoms in total. The van der Waals surface area contributed by atoms with Crippen LogP contribution in [0.15, 0.2) is 36.4 Å². The normalized spacial score (nSPS) is 9.78. The molecule has 88 valence electrons. The van der Waals surface area contributed by atoms with Crippen LogP contribution in [0.25, 0.3) is 11.3 Å². The molecule has 2 aromatic rings. The van der Waals surface area contributed by atoms with E-state index in [1.165, 1.54) is 6.07 Å². The number of benzene rings is 1. The van der Waals surface area contributed by atoms with Gasteiger partial charge in [0.2, 0.25) is 0 Å². The molecule has 0 saturated carbocycles. The first kappa shape index (κ1) is 12.1. The Kier molecular flexibility index (Phi) is 3.26. The highest BCUT2D eigenvalue weighted by Gasteiger charge is 2.11. The van der Waals surface area contributed by atoms with Crippen LogP contribution in [0.3, 0.4) is 0 Å². The van der Waals surface area contributed by atoms with E-state index in [1.54, 1.807) is 30.3 Å². The third kappa shape index (κ3) is 2.31. The lowest BCUT2D eigenvalue weighted by atomic mass is 10.1. The van der Waals surface area contributed by atoms with E-state index in [0.717, 1.165) is 5.56 Å². The summed E-state index contributed by atoms with van der Waals surface area (Å²) in [5, 5.41) is 17.5. The van der Waals surface area contributed by atoms with Crippen LogP contribution in [0.5, 0.6) is 0 Å². The molecule has 1 aromatic heterocycles. The van der Waals surface area contributed by atoms with Gasteiger partial charge in [-0.3, -0.25) is 0 Å². The third-order valence-electron chi connectivity index (χ3n) is 2.39. The van der Waals surface area contributed by atoms with Gasteiger partial charge in [-0.15, -0.1) is 0 Å². The number of nitriles is 1. The fourth-order valence-corrected chi connectivity index (χ4v) is 1.70. The molecule has 0 fully saturated rings. The highest BCUT2D eigenvalue weighted by molar-refractivity contribution is 6.32. The summed E-state index contributed by atoms with van der Waals surface area (Å²) in [6.07, 6.45) is 0. The van der Waals surface area contributed by atoms with Crippen molar-refractivity contribution in [3.8, 4) is 17.3 Å². The van der Waals surface area contributed by atoms with Gasteiger partial charge in [0.15, 0.2) is 0 Å². The van der Waals surface area contributed by atoms with Crippen molar-refractivity contribution in [2.45, 2.75) is 0 Å². The van der Waals surface area contributed by atoms with Crippen molar-refractivity contribution in [1.29, 1.82) is 5.26 Å². The van der Waals surface area contributed by atoms with Crippen molar-refractivity contribution in [3.05, 3.63) is 52.7 Å². The first-order valence-corrected chi connectivity index (χ1v) is 5.40. The minimum absolute atomic E-state index is 0.0333. The number of rotatable bonds is 2. The van der Waals surface area contributed by atoms with Gasteiger partial charge in [0.1, 0.15) is 5.15 Å². The largest absolute Gasteiger partial charge is 0.478 e. The Morgan fingerprint density at radius 3 is 2.39 bits per heavy atom. The molecule has 0 aliphatic carbocycles. The number of halogens is 1. The van der Waals surface area contributed by atoms with E-state index in [9.17, 15) is 4.79 Å². The van der Waals surface area contributed by atoms with Gasteiger partial charge >= 0.3 is 5.97 Å². The highest BCUT2D eigenvalue weighted by atomic mass is 35.5. The maximum Gasteiger partial charge on any atom is 0.338 e. The Balaban J connectivity index is 2.42. The Morgan fingerprint density at radius 2 is 1.89 bits per heavy atom. The van der Waals surface area contributed by atoms with Crippen LogP contribution in [-0.2, 0) is 0 Å². The molecule has 0 radical (unpaired) electrons. The Morgan fingerprint density at radius 1 is 1.22 bits per heavy atom. The van der Waals surface area contributed by atoms with Gasteiger partial charge in [-0.05, 0) is 24.3 Å². The van der Waals surface area contributed by atoms with E-state index in [0.29, 0.717) is 11.3 Å². The number of nitrogens with zero attached hydrogens (tertiary/aromatic N) is 2. The topological polar surface area (TPSA) is 74.0 Å². The summed E-state index contributed by atoms with van der Waals surface area (Å²) in [7, 11) is 0. The van der Waals surface area contributed by atoms with Crippen LogP contribution in [0, 0.1) is 11.3 Å². The zero-order chi connectivity index (χ0) is 13.1. The number of pyridine rings is 1. The molecule has 0 spiro atoms. The van der Waals surface area contributed by atoms with Crippen LogP contribution in [-0.4, -0.2) is 16.1 Å². The van der Waals surface area contributed by atoms with E-state index >= 15 is 0 Å². The molecule has 0 aliphatic heterocycles. The molecule has 0 atom stereocenters. The summed E-state index contributed by atoms with van der Waals surface area (Å²) in [5.74, 6) is -1.11. The van der Waals surface area contributed by atoms with Gasteiger partial charge in [0.25, 0.3) is 0 Å². The quantitative estimate of drug-likeness (QED) is 0.841. The minimum atomic E-state index is -1.11. The fraction of sp³-hybridized carbons (Fsp3) is 0. The van der Waals surface area contributed by atoms with Gasteiger partial charge in [0.05, 0.1) is 22.9 Å². The average Bonchev–Trinajstić information content (AvgIpc) is 2.38. The zero-order valence-corrected chi connectivity index (χ0v) is 9.85. The predicted octanol–water partition coefficient (Wildman–Crippen LogP) is 2.97. The molecular formula is C13H7ClN2O2. The molecule has 2 rings (SSSR count). The lowest BCUT2D eigenvalue weighted by Gasteiger charge is -2.03. The highest BCUT2D eigenvalue weighted by Crippen LogP contribution is 2.22. The zero-order valence-electron chi connectivity index (χ0n) is 9.09. The van der Waals surface area contributed by atoms with E-state index in [2.05, 4.69) is 4.98 Å². The van der Waals surface area contributed by atoms with E-state index < -0.39 is 5.97 Å². The lowest BCUT2D eigenvalue weighted by Crippen LogP contribution is -1.99. The second-order valence-corrected chi connectivity index (χ2v) is 3.89. The summed E-state index contributed by atoms with van der Waals surface area (Å²) in [6.45, 7) is 0. The van der Waals surface area contributed by atoms with Crippen molar-refractivity contribution >= 4 is 17.6 Å². The van der Waals surface area contributed by atoms with Gasteiger partial charge in [-0.2, -0.15) is 5.26 Å². The van der Waals surface area contributed by atoms with Crippen LogP contribution in [0.2, 0.25) is 5.15 Å². The third-order valence-corrected chi connectivity index (χ3v) is 2.68. The molecule has 1 aromatic carbocycles. The number of carbonyl (C=O) groups is 1. The first-order valence-electron chi connectivity index (χ1n) is 5.02. The maximum absolute atomic E-state index is 10.8. The SMILES string of the molecule is N#Cc1ccc(-c2ccc(C(=O)O)c(Cl)n2)cc1. The fourth-order valence-electron chi connectivity index (χ4n) is 1.47. The molecule has 0 aliphatic rings. The predicted molar refractivity (Wildman–Crippen MR) is 66.4 cm³/mol. The number of hydrogen-bond donors (Lipinski definition) is 1. The molecule has 0 bridgehead atoms. The van der Waals surface area contributed by atoms with Crippen molar-refractivity contribution in [2.75, 3.05) is 0 Å². The lowest BCUT2D eigenvalue weighted by molar-refractivity contribution is 0.0696. The number of aromatic carboxylic acids is 1. The molecule has 5 heteroatoms. The Hall–Kier alpha value is -2.38. The Bertz CT molecular complexity index is 645. The summed E-state index contributed by atoms with van der Waals surface area (Å²) < 4.78 is 0. The Labute approximate surface area is 108 Å². The van der Waals surface area contributed by atoms with Gasteiger partial charge in [-0.25, -0.2) is 9.78 Å². The molecule has 0 unspecified atom stereocenters. The van der Waals surface area contributed by atoms with Gasteiger partial charge < -0.3 is 5.11 Å². The van der Waals surface area contributed by atoms with Crippen LogP contribution in [0.4, 0.5) is 0 Å². The number of hydrogen-bond acceptors (Lipinski definition) is 3. The first-order chi connectivity index (χ1) is 8.61. The van der Waals surface area contributed by atoms with Crippen molar-refractivity contribution in [1.82, 2.24) is 4.98 Å². The van der Waals surface area contributed by atoms with E-state index in [1.807, 2.05) is 6.07 Å². The average molecular weight is 259 g/mol. The summed E-state index contributed by atoms with van der Waals surface area (Å²) in [5.41, 5.74) is 1.85. The summed E-state index contributed by atoms with van der Waals surface area (Å²) in [6, 6.07) is 11.8. The molecule has 18 heavy (non-hydrogen) atoms. The van der Waals surface area contributed by atoms with Crippen LogP contribution < -0.4 is 0 Å². The molecule has 1 heterocycles.